The molecule has 6 aromatic rings. The van der Waals surface area contributed by atoms with Crippen LogP contribution in [0.5, 0.6) is 23.5 Å². The van der Waals surface area contributed by atoms with E-state index in [1.807, 2.05) is 86.6 Å². The van der Waals surface area contributed by atoms with Gasteiger partial charge in [-0.05, 0) is 99.9 Å². The third kappa shape index (κ3) is 12.7. The van der Waals surface area contributed by atoms with Gasteiger partial charge >= 0.3 is 63.0 Å². The monoisotopic (exact) mass is 976 g/mol. The number of alkyl halides is 4. The molecule has 4 heterocycles. The summed E-state index contributed by atoms with van der Waals surface area (Å²) in [5.74, 6) is -1.22. The summed E-state index contributed by atoms with van der Waals surface area (Å²) in [4.78, 5) is 38.2. The Hall–Kier alpha value is -6.24. The maximum Gasteiger partial charge on any atom is 2.00 e. The Kier molecular flexibility index (Phi) is 17.3. The van der Waals surface area contributed by atoms with Crippen LogP contribution in [0.2, 0.25) is 0 Å². The molecule has 8 rings (SSSR count). The summed E-state index contributed by atoms with van der Waals surface area (Å²) in [5, 5.41) is 28.6. The Bertz CT molecular complexity index is 2620. The Balaban J connectivity index is 0.000000224. The normalized spacial score (nSPS) is 14.4. The van der Waals surface area contributed by atoms with Crippen LogP contribution >= 0.6 is 0 Å². The minimum absolute atomic E-state index is 0. The number of hydrogen-bond acceptors (Lipinski definition) is 14. The van der Waals surface area contributed by atoms with Crippen molar-refractivity contribution in [2.45, 2.75) is 92.5 Å². The van der Waals surface area contributed by atoms with E-state index in [0.717, 1.165) is 67.0 Å². The molecule has 69 heavy (non-hydrogen) atoms. The number of carboxylic acid groups (broad SMARTS) is 2. The molecule has 2 aromatic heterocycles. The van der Waals surface area contributed by atoms with Gasteiger partial charge in [0.15, 0.2) is 0 Å². The van der Waals surface area contributed by atoms with Crippen molar-refractivity contribution in [3.05, 3.63) is 129 Å². The molecule has 356 valence electrons. The number of ether oxygens (including phenoxy) is 4. The maximum absolute atomic E-state index is 12.5. The largest absolute Gasteiger partial charge is 2.00 e. The fourth-order valence-corrected chi connectivity index (χ4v) is 8.62. The summed E-state index contributed by atoms with van der Waals surface area (Å²) in [6, 6.07) is 22.4. The third-order valence-electron chi connectivity index (χ3n) is 11.9. The van der Waals surface area contributed by atoms with E-state index >= 15 is 0 Å². The summed E-state index contributed by atoms with van der Waals surface area (Å²) in [5.41, 5.74) is 13.2. The molecule has 0 bridgehead atoms. The molecular formula is C50H48CaF4N6O8. The molecule has 2 aliphatic heterocycles. The van der Waals surface area contributed by atoms with E-state index in [1.165, 1.54) is 0 Å². The average molecular weight is 977 g/mol. The zero-order valence-corrected chi connectivity index (χ0v) is 41.0. The van der Waals surface area contributed by atoms with E-state index in [0.29, 0.717) is 60.6 Å². The zero-order valence-electron chi connectivity index (χ0n) is 38.8. The number of carbonyl (C=O) groups excluding carboxylic acids is 2. The smallest absolute Gasteiger partial charge is 0.550 e. The van der Waals surface area contributed by atoms with Gasteiger partial charge in [0.1, 0.15) is 11.5 Å². The van der Waals surface area contributed by atoms with E-state index in [1.54, 1.807) is 27.7 Å². The Morgan fingerprint density at radius 3 is 1.30 bits per heavy atom. The average Bonchev–Trinajstić information content (AvgIpc) is 3.85. The van der Waals surface area contributed by atoms with Gasteiger partial charge in [0, 0.05) is 82.6 Å². The van der Waals surface area contributed by atoms with E-state index in [9.17, 15) is 37.4 Å². The molecule has 0 saturated heterocycles. The van der Waals surface area contributed by atoms with Crippen molar-refractivity contribution in [1.29, 1.82) is 0 Å². The number of rotatable bonds is 16. The number of nitrogens with zero attached hydrogens (tertiary/aromatic N) is 4. The van der Waals surface area contributed by atoms with Crippen LogP contribution in [0.25, 0.3) is 22.3 Å². The second kappa shape index (κ2) is 22.9. The number of benzene rings is 4. The molecule has 14 nitrogen and oxygen atoms in total. The predicted molar refractivity (Wildman–Crippen MR) is 246 cm³/mol. The first-order valence-corrected chi connectivity index (χ1v) is 21.6. The summed E-state index contributed by atoms with van der Waals surface area (Å²) in [7, 11) is 0. The van der Waals surface area contributed by atoms with Crippen molar-refractivity contribution in [1.82, 2.24) is 19.9 Å². The van der Waals surface area contributed by atoms with Gasteiger partial charge in [0.05, 0.1) is 36.0 Å². The van der Waals surface area contributed by atoms with Crippen LogP contribution in [-0.2, 0) is 22.7 Å². The summed E-state index contributed by atoms with van der Waals surface area (Å²) in [6.45, 7) is 6.71. The summed E-state index contributed by atoms with van der Waals surface area (Å²) in [6.07, 6.45) is -0.132. The van der Waals surface area contributed by atoms with E-state index in [-0.39, 0.29) is 74.4 Å². The molecule has 0 aliphatic carbocycles. The van der Waals surface area contributed by atoms with Crippen LogP contribution in [-0.4, -0.2) is 96.0 Å². The topological polar surface area (TPSA) is 193 Å². The fourth-order valence-electron chi connectivity index (χ4n) is 8.62. The van der Waals surface area contributed by atoms with Crippen LogP contribution in [0.4, 0.5) is 28.9 Å². The molecule has 0 saturated carbocycles. The second-order valence-electron chi connectivity index (χ2n) is 16.4. The van der Waals surface area contributed by atoms with Crippen molar-refractivity contribution in [2.24, 2.45) is 0 Å². The first-order valence-electron chi connectivity index (χ1n) is 21.6. The minimum atomic E-state index is -2.98. The van der Waals surface area contributed by atoms with Gasteiger partial charge in [-0.1, -0.05) is 48.5 Å². The number of aryl methyl sites for hydroxylation is 4. The molecule has 0 unspecified atom stereocenters. The third-order valence-corrected chi connectivity index (χ3v) is 11.9. The Morgan fingerprint density at radius 2 is 0.971 bits per heavy atom. The van der Waals surface area contributed by atoms with E-state index < -0.39 is 25.2 Å². The second-order valence-corrected chi connectivity index (χ2v) is 16.4. The number of aliphatic carboxylic acids is 2. The predicted octanol–water partition coefficient (Wildman–Crippen LogP) is 7.42. The van der Waals surface area contributed by atoms with E-state index in [4.69, 9.17) is 9.47 Å². The number of nitrogens with one attached hydrogen (secondary N) is 2. The van der Waals surface area contributed by atoms with Crippen LogP contribution in [0, 0.1) is 41.5 Å². The molecule has 0 fully saturated rings. The molecular weight excluding hydrogens is 929 g/mol. The van der Waals surface area contributed by atoms with Crippen molar-refractivity contribution < 1.29 is 56.3 Å². The number of carboxylic acids is 2. The maximum atomic E-state index is 12.5. The fraction of sp³-hybridized carbons (Fsp3) is 0.320. The molecule has 2 atom stereocenters. The van der Waals surface area contributed by atoms with Gasteiger partial charge in [0.25, 0.3) is 0 Å². The SMILES string of the molecule is Cc1nc(OC(F)F)nc(C)c1-c1cccc(CNc2ccc3c(c2)OC[C@H]3CC(=O)[O-])c1C.Cc1nc(OC(F)F)nc(C)c1-c1cccc(CNc2ccc3c(c2)OC[C@H]3CC(=O)[O-])c1C.[Ca+2]. The Morgan fingerprint density at radius 1 is 0.609 bits per heavy atom. The van der Waals surface area contributed by atoms with Crippen molar-refractivity contribution in [3.63, 3.8) is 0 Å². The van der Waals surface area contributed by atoms with Crippen LogP contribution < -0.4 is 39.8 Å². The van der Waals surface area contributed by atoms with Gasteiger partial charge < -0.3 is 49.4 Å². The first kappa shape index (κ1) is 52.1. The van der Waals surface area contributed by atoms with Gasteiger partial charge in [-0.3, -0.25) is 0 Å². The van der Waals surface area contributed by atoms with Gasteiger partial charge in [-0.25, -0.2) is 0 Å². The van der Waals surface area contributed by atoms with Crippen molar-refractivity contribution in [2.75, 3.05) is 23.8 Å². The minimum Gasteiger partial charge on any atom is -0.550 e. The van der Waals surface area contributed by atoms with Gasteiger partial charge in [-0.15, -0.1) is 0 Å². The summed E-state index contributed by atoms with van der Waals surface area (Å²) < 4.78 is 70.2. The zero-order chi connectivity index (χ0) is 48.8. The van der Waals surface area contributed by atoms with Crippen molar-refractivity contribution >= 4 is 61.1 Å². The van der Waals surface area contributed by atoms with Crippen molar-refractivity contribution in [3.8, 4) is 45.8 Å². The number of aromatic nitrogens is 4. The van der Waals surface area contributed by atoms with Gasteiger partial charge in [-0.2, -0.15) is 37.5 Å². The van der Waals surface area contributed by atoms with E-state index in [2.05, 4.69) is 40.0 Å². The van der Waals surface area contributed by atoms with Gasteiger partial charge in [0.2, 0.25) is 0 Å². The van der Waals surface area contributed by atoms with Crippen LogP contribution in [0.15, 0.2) is 72.8 Å². The Labute approximate surface area is 425 Å². The number of carbonyl (C=O) groups is 2. The quantitative estimate of drug-likeness (QED) is 0.0719. The number of hydrogen-bond donors (Lipinski definition) is 2. The molecule has 0 amide bonds. The molecule has 0 radical (unpaired) electrons. The molecule has 19 heteroatoms. The molecule has 2 aliphatic rings. The first-order chi connectivity index (χ1) is 32.4. The summed E-state index contributed by atoms with van der Waals surface area (Å²) >= 11 is 0. The van der Waals surface area contributed by atoms with Crippen LogP contribution in [0.1, 0.15) is 80.8 Å². The number of anilines is 2. The van der Waals surface area contributed by atoms with Crippen LogP contribution in [0.3, 0.4) is 0 Å². The number of fused-ring (bicyclic) bond motifs is 2. The number of halogens is 4. The molecule has 0 spiro atoms. The molecule has 2 N–H and O–H groups in total. The molecule has 4 aromatic carbocycles. The standard InChI is InChI=1S/2C25H25F2N3O4.Ca/c2*1-13-16(11-28-18-7-8-20-17(9-22(31)32)12-33-21(20)10-18)5-4-6-19(13)23-14(2)29-25(30-15(23)3)34-24(26)27;/h2*4-8,10,17,24,28H,9,11-12H2,1-3H3,(H,31,32);/q;;+2/p-2/t2*17-;/m11./s1.